The molecule has 0 aliphatic rings. The van der Waals surface area contributed by atoms with Gasteiger partial charge in [0.1, 0.15) is 0 Å². The van der Waals surface area contributed by atoms with E-state index in [0.29, 0.717) is 0 Å². The molecule has 0 saturated carbocycles. The number of hydrogen-bond donors (Lipinski definition) is 0. The minimum atomic E-state index is 0. The summed E-state index contributed by atoms with van der Waals surface area (Å²) in [5.74, 6) is 0. The van der Waals surface area contributed by atoms with Gasteiger partial charge in [-0.25, -0.2) is 0 Å². The van der Waals surface area contributed by atoms with Gasteiger partial charge in [0.15, 0.2) is 0 Å². The van der Waals surface area contributed by atoms with Gasteiger partial charge in [-0.3, -0.25) is 0 Å². The molecule has 4 rings (SSSR count). The molecule has 41 heavy (non-hydrogen) atoms. The van der Waals surface area contributed by atoms with Crippen molar-refractivity contribution in [1.29, 1.82) is 0 Å². The number of pyridine rings is 2. The fraction of sp³-hybridized carbons (Fsp3) is 0.421. The van der Waals surface area contributed by atoms with Crippen LogP contribution < -0.4 is 0 Å². The third-order valence-corrected chi connectivity index (χ3v) is 9.83. The molecule has 2 heterocycles. The molecule has 0 saturated heterocycles. The first-order chi connectivity index (χ1) is 18.5. The molecule has 0 amide bonds. The van der Waals surface area contributed by atoms with E-state index in [-0.39, 0.29) is 20.4 Å². The summed E-state index contributed by atoms with van der Waals surface area (Å²) in [4.78, 5) is 9.69. The normalized spacial score (nSPS) is 10.7. The maximum absolute atomic E-state index is 4.84. The minimum absolute atomic E-state index is 0. The van der Waals surface area contributed by atoms with Crippen LogP contribution in [0, 0.1) is 123 Å². The van der Waals surface area contributed by atoms with E-state index in [4.69, 9.17) is 9.97 Å². The van der Waals surface area contributed by atoms with Crippen molar-refractivity contribution < 1.29 is 20.4 Å². The molecule has 2 aromatic carbocycles. The summed E-state index contributed by atoms with van der Waals surface area (Å²) in [6.07, 6.45) is 0. The second-order valence-corrected chi connectivity index (χ2v) is 11.8. The topological polar surface area (TPSA) is 25.8 Å². The molecule has 0 fully saturated rings. The zero-order valence-electron chi connectivity index (χ0n) is 28.2. The number of aromatic nitrogens is 2. The Balaban J connectivity index is 0.000000280. The smallest absolute Gasteiger partial charge is 0.301 e. The molecule has 0 atom stereocenters. The Bertz CT molecular complexity index is 1390. The molecule has 3 heteroatoms. The average Bonchev–Trinajstić information content (AvgIpc) is 2.92. The van der Waals surface area contributed by atoms with Gasteiger partial charge in [0.25, 0.3) is 0 Å². The minimum Gasteiger partial charge on any atom is -0.301 e. The third kappa shape index (κ3) is 6.43. The van der Waals surface area contributed by atoms with E-state index in [1.54, 1.807) is 0 Å². The molecule has 220 valence electrons. The number of hydrogen-bond acceptors (Lipinski definition) is 2. The van der Waals surface area contributed by atoms with E-state index in [2.05, 4.69) is 123 Å². The van der Waals surface area contributed by atoms with Crippen molar-refractivity contribution in [3.05, 3.63) is 101 Å². The number of nitrogens with zero attached hydrogens (tertiary/aromatic N) is 2. The van der Waals surface area contributed by atoms with E-state index < -0.39 is 0 Å². The summed E-state index contributed by atoms with van der Waals surface area (Å²) in [7, 11) is 0. The zero-order valence-corrected chi connectivity index (χ0v) is 29.8. The summed E-state index contributed by atoms with van der Waals surface area (Å²) in [5, 5.41) is 0. The first-order valence-corrected chi connectivity index (χ1v) is 14.4. The quantitative estimate of drug-likeness (QED) is 0.161. The summed E-state index contributed by atoms with van der Waals surface area (Å²) in [5.41, 5.74) is 25.0. The van der Waals surface area contributed by atoms with Gasteiger partial charge in [-0.2, -0.15) is 0 Å². The maximum atomic E-state index is 4.84. The summed E-state index contributed by atoms with van der Waals surface area (Å²) >= 11 is 0. The molecule has 0 unspecified atom stereocenters. The molecular weight excluding hydrogens is 591 g/mol. The van der Waals surface area contributed by atoms with Gasteiger partial charge in [-0.1, -0.05) is 77.6 Å². The maximum Gasteiger partial charge on any atom is 2.00 e. The molecule has 4 aromatic rings. The van der Waals surface area contributed by atoms with Crippen LogP contribution in [0.4, 0.5) is 0 Å². The first-order valence-electron chi connectivity index (χ1n) is 14.4. The Morgan fingerprint density at radius 3 is 0.878 bits per heavy atom. The van der Waals surface area contributed by atoms with Crippen LogP contribution in [0.2, 0.25) is 0 Å². The monoisotopic (exact) mass is 638 g/mol. The molecule has 0 aliphatic carbocycles. The Morgan fingerprint density at radius 1 is 0.317 bits per heavy atom. The van der Waals surface area contributed by atoms with Crippen LogP contribution in [0.3, 0.4) is 0 Å². The standard InChI is InChI=1S/2C19H24N.Pd/c2*1-10-9-18(15(6)12(3)11(10)2)19-16(7)13(4)14(5)17(8)20-19;/h2*1-8H3;/q2*-1;+2. The molecule has 0 spiro atoms. The van der Waals surface area contributed by atoms with Crippen molar-refractivity contribution in [3.63, 3.8) is 0 Å². The second-order valence-electron chi connectivity index (χ2n) is 11.8. The SMILES string of the molecule is Cc1[c-]c(-c2nc(C)c(C)c(C)c2C)c(C)c(C)c1C.Cc1[c-]c(-c2nc(C)c(C)c(C)c2C)c(C)c(C)c1C.[Pd+2]. The number of rotatable bonds is 2. The third-order valence-electron chi connectivity index (χ3n) is 9.83. The van der Waals surface area contributed by atoms with Gasteiger partial charge in [-0.05, 0) is 77.9 Å². The average molecular weight is 639 g/mol. The summed E-state index contributed by atoms with van der Waals surface area (Å²) < 4.78 is 0. The summed E-state index contributed by atoms with van der Waals surface area (Å²) in [6, 6.07) is 7.11. The molecule has 0 bridgehead atoms. The molecule has 0 radical (unpaired) electrons. The van der Waals surface area contributed by atoms with Gasteiger partial charge in [0.2, 0.25) is 0 Å². The molecule has 2 nitrogen and oxygen atoms in total. The van der Waals surface area contributed by atoms with Crippen LogP contribution in [0.15, 0.2) is 0 Å². The van der Waals surface area contributed by atoms with E-state index in [9.17, 15) is 0 Å². The summed E-state index contributed by atoms with van der Waals surface area (Å²) in [6.45, 7) is 34.5. The van der Waals surface area contributed by atoms with Crippen LogP contribution in [0.25, 0.3) is 22.5 Å². The van der Waals surface area contributed by atoms with Crippen molar-refractivity contribution in [2.24, 2.45) is 0 Å². The van der Waals surface area contributed by atoms with Crippen LogP contribution >= 0.6 is 0 Å². The zero-order chi connectivity index (χ0) is 30.4. The largest absolute Gasteiger partial charge is 2.00 e. The number of benzene rings is 2. The Kier molecular flexibility index (Phi) is 11.1. The van der Waals surface area contributed by atoms with Gasteiger partial charge in [0.05, 0.1) is 0 Å². The Morgan fingerprint density at radius 2 is 0.585 bits per heavy atom. The van der Waals surface area contributed by atoms with E-state index in [1.807, 2.05) is 0 Å². The second kappa shape index (κ2) is 13.1. The van der Waals surface area contributed by atoms with E-state index in [1.165, 1.54) is 77.9 Å². The predicted octanol–water partition coefficient (Wildman–Crippen LogP) is 10.0. The van der Waals surface area contributed by atoms with Crippen LogP contribution in [-0.2, 0) is 20.4 Å². The van der Waals surface area contributed by atoms with Crippen molar-refractivity contribution >= 4 is 0 Å². The molecule has 0 N–H and O–H groups in total. The Hall–Kier alpha value is -2.60. The van der Waals surface area contributed by atoms with Gasteiger partial charge < -0.3 is 9.97 Å². The fourth-order valence-corrected chi connectivity index (χ4v) is 5.34. The van der Waals surface area contributed by atoms with Crippen LogP contribution in [-0.4, -0.2) is 9.97 Å². The van der Waals surface area contributed by atoms with Crippen molar-refractivity contribution in [1.82, 2.24) is 9.97 Å². The Labute approximate surface area is 264 Å². The van der Waals surface area contributed by atoms with Crippen LogP contribution in [0.1, 0.15) is 89.3 Å². The molecular formula is C38H48N2Pd. The number of aryl methyl sites for hydroxylation is 4. The van der Waals surface area contributed by atoms with Crippen molar-refractivity contribution in [2.45, 2.75) is 111 Å². The van der Waals surface area contributed by atoms with Gasteiger partial charge in [0, 0.05) is 11.4 Å². The van der Waals surface area contributed by atoms with Gasteiger partial charge >= 0.3 is 20.4 Å². The first kappa shape index (κ1) is 34.6. The van der Waals surface area contributed by atoms with Crippen LogP contribution in [0.5, 0.6) is 0 Å². The van der Waals surface area contributed by atoms with E-state index in [0.717, 1.165) is 33.9 Å². The molecule has 0 aliphatic heterocycles. The van der Waals surface area contributed by atoms with Crippen molar-refractivity contribution in [2.75, 3.05) is 0 Å². The predicted molar refractivity (Wildman–Crippen MR) is 173 cm³/mol. The molecule has 2 aromatic heterocycles. The van der Waals surface area contributed by atoms with Crippen molar-refractivity contribution in [3.8, 4) is 22.5 Å². The fourth-order valence-electron chi connectivity index (χ4n) is 5.34. The van der Waals surface area contributed by atoms with E-state index >= 15 is 0 Å². The van der Waals surface area contributed by atoms with Gasteiger partial charge in [-0.15, -0.1) is 67.8 Å².